The van der Waals surface area contributed by atoms with Crippen LogP contribution in [0.2, 0.25) is 5.02 Å². The van der Waals surface area contributed by atoms with E-state index in [0.29, 0.717) is 17.8 Å². The highest BCUT2D eigenvalue weighted by molar-refractivity contribution is 6.31. The van der Waals surface area contributed by atoms with Crippen LogP contribution >= 0.6 is 11.6 Å². The van der Waals surface area contributed by atoms with E-state index < -0.39 is 5.82 Å². The van der Waals surface area contributed by atoms with Crippen LogP contribution in [0.1, 0.15) is 33.1 Å². The monoisotopic (exact) mass is 256 g/mol. The number of hydrogen-bond donors (Lipinski definition) is 1. The minimum Gasteiger partial charge on any atom is -0.397 e. The highest BCUT2D eigenvalue weighted by Crippen LogP contribution is 2.37. The van der Waals surface area contributed by atoms with Gasteiger partial charge in [0, 0.05) is 18.2 Å². The number of nitrogen functional groups attached to an aromatic ring is 1. The molecule has 2 N–H and O–H groups in total. The zero-order chi connectivity index (χ0) is 12.6. The van der Waals surface area contributed by atoms with E-state index in [4.69, 9.17) is 17.3 Å². The Morgan fingerprint density at radius 2 is 2.18 bits per heavy atom. The van der Waals surface area contributed by atoms with Crippen molar-refractivity contribution in [1.82, 2.24) is 0 Å². The lowest BCUT2D eigenvalue weighted by Gasteiger charge is -2.31. The summed E-state index contributed by atoms with van der Waals surface area (Å²) in [6, 6.07) is 3.82. The summed E-state index contributed by atoms with van der Waals surface area (Å²) in [5.41, 5.74) is 7.30. The van der Waals surface area contributed by atoms with Crippen LogP contribution in [0, 0.1) is 5.82 Å². The summed E-state index contributed by atoms with van der Waals surface area (Å²) in [6.07, 6.45) is 3.32. The Balaban J connectivity index is 2.42. The minimum absolute atomic E-state index is 0.0890. The maximum atomic E-state index is 13.6. The number of benzene rings is 1. The molecule has 2 nitrogen and oxygen atoms in total. The Kier molecular flexibility index (Phi) is 3.48. The zero-order valence-electron chi connectivity index (χ0n) is 10.2. The van der Waals surface area contributed by atoms with Gasteiger partial charge in [-0.2, -0.15) is 0 Å². The molecule has 2 unspecified atom stereocenters. The quantitative estimate of drug-likeness (QED) is 0.815. The summed E-state index contributed by atoms with van der Waals surface area (Å²) in [6.45, 7) is 4.31. The second-order valence-corrected chi connectivity index (χ2v) is 5.13. The van der Waals surface area contributed by atoms with Crippen molar-refractivity contribution in [2.75, 3.05) is 10.6 Å². The normalized spacial score (nSPS) is 24.4. The van der Waals surface area contributed by atoms with Gasteiger partial charge in [0.05, 0.1) is 16.4 Å². The Labute approximate surface area is 107 Å². The first-order valence-electron chi connectivity index (χ1n) is 6.07. The summed E-state index contributed by atoms with van der Waals surface area (Å²) < 4.78 is 13.6. The maximum absolute atomic E-state index is 13.6. The average molecular weight is 257 g/mol. The Morgan fingerprint density at radius 1 is 1.47 bits per heavy atom. The van der Waals surface area contributed by atoms with Gasteiger partial charge in [0.2, 0.25) is 0 Å². The molecule has 1 saturated heterocycles. The fraction of sp³-hybridized carbons (Fsp3) is 0.538. The molecule has 2 atom stereocenters. The van der Waals surface area contributed by atoms with Crippen molar-refractivity contribution in [1.29, 1.82) is 0 Å². The standard InChI is InChI=1S/C13H18ClFN2/c1-3-9-5-4-8(2)17(9)13-7-11(15)10(14)6-12(13)16/h6-9H,3-5,16H2,1-2H3. The van der Waals surface area contributed by atoms with E-state index in [1.807, 2.05) is 0 Å². The fourth-order valence-corrected chi connectivity index (χ4v) is 2.85. The molecule has 94 valence electrons. The van der Waals surface area contributed by atoms with Gasteiger partial charge in [0.25, 0.3) is 0 Å². The molecule has 0 amide bonds. The molecule has 2 rings (SSSR count). The van der Waals surface area contributed by atoms with Crippen molar-refractivity contribution in [3.05, 3.63) is 23.0 Å². The molecule has 0 saturated carbocycles. The third kappa shape index (κ3) is 2.21. The SMILES string of the molecule is CCC1CCC(C)N1c1cc(F)c(Cl)cc1N. The molecule has 0 spiro atoms. The van der Waals surface area contributed by atoms with Crippen LogP contribution in [0.15, 0.2) is 12.1 Å². The van der Waals surface area contributed by atoms with Crippen molar-refractivity contribution in [3.8, 4) is 0 Å². The Morgan fingerprint density at radius 3 is 2.82 bits per heavy atom. The molecule has 1 aromatic carbocycles. The highest BCUT2D eigenvalue weighted by Gasteiger charge is 2.30. The molecule has 1 aliphatic heterocycles. The maximum Gasteiger partial charge on any atom is 0.144 e. The van der Waals surface area contributed by atoms with Gasteiger partial charge in [0.15, 0.2) is 0 Å². The lowest BCUT2D eigenvalue weighted by Crippen LogP contribution is -2.34. The predicted molar refractivity (Wildman–Crippen MR) is 71.1 cm³/mol. The predicted octanol–water partition coefficient (Wildman–Crippen LogP) is 3.83. The first kappa shape index (κ1) is 12.5. The van der Waals surface area contributed by atoms with Gasteiger partial charge in [-0.3, -0.25) is 0 Å². The molecule has 1 heterocycles. The largest absolute Gasteiger partial charge is 0.397 e. The van der Waals surface area contributed by atoms with Gasteiger partial charge in [0.1, 0.15) is 5.82 Å². The molecule has 0 bridgehead atoms. The average Bonchev–Trinajstić information content (AvgIpc) is 2.65. The van der Waals surface area contributed by atoms with Crippen molar-refractivity contribution in [2.24, 2.45) is 0 Å². The van der Waals surface area contributed by atoms with Gasteiger partial charge < -0.3 is 10.6 Å². The van der Waals surface area contributed by atoms with Gasteiger partial charge >= 0.3 is 0 Å². The third-order valence-electron chi connectivity index (χ3n) is 3.60. The van der Waals surface area contributed by atoms with E-state index in [1.165, 1.54) is 12.1 Å². The van der Waals surface area contributed by atoms with E-state index in [-0.39, 0.29) is 5.02 Å². The third-order valence-corrected chi connectivity index (χ3v) is 3.89. The first-order valence-corrected chi connectivity index (χ1v) is 6.45. The van der Waals surface area contributed by atoms with Crippen molar-refractivity contribution >= 4 is 23.0 Å². The lowest BCUT2D eigenvalue weighted by atomic mass is 10.1. The Bertz CT molecular complexity index is 422. The summed E-state index contributed by atoms with van der Waals surface area (Å²) >= 11 is 5.73. The van der Waals surface area contributed by atoms with Gasteiger partial charge in [-0.1, -0.05) is 18.5 Å². The smallest absolute Gasteiger partial charge is 0.144 e. The summed E-state index contributed by atoms with van der Waals surface area (Å²) in [7, 11) is 0. The van der Waals surface area contributed by atoms with Crippen molar-refractivity contribution in [2.45, 2.75) is 45.2 Å². The first-order chi connectivity index (χ1) is 8.04. The number of nitrogens with two attached hydrogens (primary N) is 1. The summed E-state index contributed by atoms with van der Waals surface area (Å²) in [5, 5.41) is 0.0890. The van der Waals surface area contributed by atoms with E-state index in [0.717, 1.165) is 24.9 Å². The molecular formula is C13H18ClFN2. The van der Waals surface area contributed by atoms with Gasteiger partial charge in [-0.15, -0.1) is 0 Å². The number of nitrogens with zero attached hydrogens (tertiary/aromatic N) is 1. The molecule has 1 fully saturated rings. The molecular weight excluding hydrogens is 239 g/mol. The molecule has 0 aliphatic carbocycles. The van der Waals surface area contributed by atoms with Gasteiger partial charge in [-0.05, 0) is 32.3 Å². The number of halogens is 2. The number of anilines is 2. The van der Waals surface area contributed by atoms with Crippen molar-refractivity contribution in [3.63, 3.8) is 0 Å². The van der Waals surface area contributed by atoms with Crippen LogP contribution in [-0.4, -0.2) is 12.1 Å². The zero-order valence-corrected chi connectivity index (χ0v) is 11.0. The number of hydrogen-bond acceptors (Lipinski definition) is 2. The van der Waals surface area contributed by atoms with Gasteiger partial charge in [-0.25, -0.2) is 4.39 Å². The number of rotatable bonds is 2. The molecule has 0 radical (unpaired) electrons. The molecule has 1 aromatic rings. The van der Waals surface area contributed by atoms with E-state index in [1.54, 1.807) is 0 Å². The molecule has 4 heteroatoms. The van der Waals surface area contributed by atoms with Crippen LogP contribution in [-0.2, 0) is 0 Å². The van der Waals surface area contributed by atoms with Crippen LogP contribution in [0.4, 0.5) is 15.8 Å². The van der Waals surface area contributed by atoms with Crippen LogP contribution in [0.5, 0.6) is 0 Å². The van der Waals surface area contributed by atoms with E-state index >= 15 is 0 Å². The summed E-state index contributed by atoms with van der Waals surface area (Å²) in [4.78, 5) is 2.23. The molecule has 1 aliphatic rings. The Hall–Kier alpha value is -0.960. The molecule has 0 aromatic heterocycles. The fourth-order valence-electron chi connectivity index (χ4n) is 2.68. The second kappa shape index (κ2) is 4.73. The molecule has 17 heavy (non-hydrogen) atoms. The van der Waals surface area contributed by atoms with E-state index in [9.17, 15) is 4.39 Å². The summed E-state index contributed by atoms with van der Waals surface area (Å²) in [5.74, 6) is -0.398. The lowest BCUT2D eigenvalue weighted by molar-refractivity contribution is 0.611. The van der Waals surface area contributed by atoms with Crippen LogP contribution in [0.3, 0.4) is 0 Å². The van der Waals surface area contributed by atoms with Crippen LogP contribution < -0.4 is 10.6 Å². The van der Waals surface area contributed by atoms with Crippen LogP contribution in [0.25, 0.3) is 0 Å². The van der Waals surface area contributed by atoms with Crippen molar-refractivity contribution < 1.29 is 4.39 Å². The second-order valence-electron chi connectivity index (χ2n) is 4.72. The highest BCUT2D eigenvalue weighted by atomic mass is 35.5. The van der Waals surface area contributed by atoms with E-state index in [2.05, 4.69) is 18.7 Å². The topological polar surface area (TPSA) is 29.3 Å². The minimum atomic E-state index is -0.398.